The van der Waals surface area contributed by atoms with Crippen LogP contribution in [0.1, 0.15) is 45.4 Å². The van der Waals surface area contributed by atoms with E-state index in [1.807, 2.05) is 24.3 Å². The first-order chi connectivity index (χ1) is 16.9. The number of aromatic nitrogens is 4. The molecule has 3 N–H and O–H groups in total. The number of ether oxygens (including phenoxy) is 1. The van der Waals surface area contributed by atoms with Gasteiger partial charge in [0.15, 0.2) is 5.65 Å². The number of nitrogens with two attached hydrogens (primary N) is 1. The van der Waals surface area contributed by atoms with Crippen LogP contribution in [0, 0.1) is 11.8 Å². The number of anilines is 1. The minimum Gasteiger partial charge on any atom is -0.409 e. The van der Waals surface area contributed by atoms with Gasteiger partial charge in [-0.1, -0.05) is 48.7 Å². The molecule has 1 aliphatic heterocycles. The minimum absolute atomic E-state index is 0.132. The third-order valence-electron chi connectivity index (χ3n) is 7.22. The van der Waals surface area contributed by atoms with E-state index in [4.69, 9.17) is 32.0 Å². The summed E-state index contributed by atoms with van der Waals surface area (Å²) >= 11 is 6.35. The van der Waals surface area contributed by atoms with Crippen molar-refractivity contribution in [3.63, 3.8) is 0 Å². The van der Waals surface area contributed by atoms with Gasteiger partial charge in [0.2, 0.25) is 17.6 Å². The number of halogens is 1. The first kappa shape index (κ1) is 23.8. The van der Waals surface area contributed by atoms with Crippen LogP contribution in [0.3, 0.4) is 0 Å². The summed E-state index contributed by atoms with van der Waals surface area (Å²) in [6.07, 6.45) is 4.86. The molecule has 9 nitrogen and oxygen atoms in total. The number of hydrogen-bond acceptors (Lipinski definition) is 7. The van der Waals surface area contributed by atoms with E-state index < -0.39 is 0 Å². The number of amidine groups is 1. The van der Waals surface area contributed by atoms with Gasteiger partial charge < -0.3 is 25.1 Å². The zero-order chi connectivity index (χ0) is 24.5. The number of nitrogens with zero attached hydrogens (tertiary/aromatic N) is 6. The topological polar surface area (TPSA) is 115 Å². The molecule has 0 amide bonds. The molecule has 1 saturated carbocycles. The van der Waals surface area contributed by atoms with Gasteiger partial charge in [-0.05, 0) is 43.7 Å². The number of benzene rings is 1. The SMILES string of the molecule is CC1CCC(Cn2c(N3CCOCC3C)nc3nc(C(N)=NO)nc(-c4cccc(Cl)c4)c32)CC1. The lowest BCUT2D eigenvalue weighted by molar-refractivity contribution is 0.0976. The molecule has 35 heavy (non-hydrogen) atoms. The first-order valence-corrected chi connectivity index (χ1v) is 12.7. The Labute approximate surface area is 210 Å². The number of hydrogen-bond donors (Lipinski definition) is 2. The highest BCUT2D eigenvalue weighted by molar-refractivity contribution is 6.30. The molecule has 1 saturated heterocycles. The van der Waals surface area contributed by atoms with Crippen molar-refractivity contribution in [1.29, 1.82) is 0 Å². The monoisotopic (exact) mass is 497 g/mol. The molecule has 1 aromatic carbocycles. The Balaban J connectivity index is 1.73. The predicted molar refractivity (Wildman–Crippen MR) is 137 cm³/mol. The normalized spacial score (nSPS) is 23.7. The molecule has 5 rings (SSSR count). The van der Waals surface area contributed by atoms with Crippen LogP contribution in [0.5, 0.6) is 0 Å². The molecule has 2 fully saturated rings. The van der Waals surface area contributed by atoms with Crippen molar-refractivity contribution in [2.24, 2.45) is 22.7 Å². The molecule has 186 valence electrons. The highest BCUT2D eigenvalue weighted by Crippen LogP contribution is 2.36. The summed E-state index contributed by atoms with van der Waals surface area (Å²) in [5.74, 6) is 2.16. The van der Waals surface area contributed by atoms with Gasteiger partial charge in [0.25, 0.3) is 0 Å². The lowest BCUT2D eigenvalue weighted by Gasteiger charge is -2.35. The third-order valence-corrected chi connectivity index (χ3v) is 7.45. The molecular formula is C25H32ClN7O2. The molecular weight excluding hydrogens is 466 g/mol. The van der Waals surface area contributed by atoms with E-state index in [2.05, 4.69) is 33.5 Å². The lowest BCUT2D eigenvalue weighted by Crippen LogP contribution is -2.45. The summed E-state index contributed by atoms with van der Waals surface area (Å²) in [7, 11) is 0. The van der Waals surface area contributed by atoms with E-state index in [0.717, 1.165) is 36.0 Å². The van der Waals surface area contributed by atoms with Crippen LogP contribution in [0.2, 0.25) is 5.02 Å². The van der Waals surface area contributed by atoms with Crippen molar-refractivity contribution in [2.75, 3.05) is 24.7 Å². The average Bonchev–Trinajstić information content (AvgIpc) is 3.22. The average molecular weight is 498 g/mol. The highest BCUT2D eigenvalue weighted by atomic mass is 35.5. The smallest absolute Gasteiger partial charge is 0.208 e. The zero-order valence-corrected chi connectivity index (χ0v) is 20.9. The van der Waals surface area contributed by atoms with Gasteiger partial charge in [-0.15, -0.1) is 0 Å². The molecule has 2 aromatic heterocycles. The predicted octanol–water partition coefficient (Wildman–Crippen LogP) is 4.29. The van der Waals surface area contributed by atoms with Crippen LogP contribution in [0.25, 0.3) is 22.4 Å². The molecule has 1 atom stereocenters. The molecule has 10 heteroatoms. The Kier molecular flexibility index (Phi) is 6.80. The van der Waals surface area contributed by atoms with E-state index in [1.54, 1.807) is 0 Å². The van der Waals surface area contributed by atoms with Crippen LogP contribution < -0.4 is 10.6 Å². The number of oxime groups is 1. The largest absolute Gasteiger partial charge is 0.409 e. The number of fused-ring (bicyclic) bond motifs is 1. The second-order valence-electron chi connectivity index (χ2n) is 9.83. The molecule has 1 aliphatic carbocycles. The van der Waals surface area contributed by atoms with Crippen molar-refractivity contribution in [1.82, 2.24) is 19.5 Å². The summed E-state index contributed by atoms with van der Waals surface area (Å²) in [6.45, 7) is 7.37. The number of rotatable bonds is 5. The molecule has 0 bridgehead atoms. The fourth-order valence-electron chi connectivity index (χ4n) is 5.21. The van der Waals surface area contributed by atoms with E-state index in [1.165, 1.54) is 25.7 Å². The summed E-state index contributed by atoms with van der Waals surface area (Å²) < 4.78 is 7.98. The fraction of sp³-hybridized carbons (Fsp3) is 0.520. The van der Waals surface area contributed by atoms with Gasteiger partial charge in [0.05, 0.1) is 19.3 Å². The molecule has 2 aliphatic rings. The van der Waals surface area contributed by atoms with E-state index in [-0.39, 0.29) is 17.7 Å². The Hall–Kier alpha value is -2.91. The molecule has 0 spiro atoms. The Morgan fingerprint density at radius 2 is 2.00 bits per heavy atom. The maximum Gasteiger partial charge on any atom is 0.208 e. The van der Waals surface area contributed by atoms with E-state index >= 15 is 0 Å². The maximum atomic E-state index is 9.32. The van der Waals surface area contributed by atoms with Gasteiger partial charge >= 0.3 is 0 Å². The molecule has 3 aromatic rings. The van der Waals surface area contributed by atoms with Gasteiger partial charge in [-0.2, -0.15) is 4.98 Å². The zero-order valence-electron chi connectivity index (χ0n) is 20.2. The Morgan fingerprint density at radius 1 is 1.20 bits per heavy atom. The fourth-order valence-corrected chi connectivity index (χ4v) is 5.40. The minimum atomic E-state index is -0.160. The quantitative estimate of drug-likeness (QED) is 0.234. The summed E-state index contributed by atoms with van der Waals surface area (Å²) in [5.41, 5.74) is 8.79. The van der Waals surface area contributed by atoms with Gasteiger partial charge in [-0.25, -0.2) is 9.97 Å². The van der Waals surface area contributed by atoms with Crippen LogP contribution in [-0.2, 0) is 11.3 Å². The van der Waals surface area contributed by atoms with E-state index in [0.29, 0.717) is 35.5 Å². The number of imidazole rings is 1. The van der Waals surface area contributed by atoms with Crippen molar-refractivity contribution in [2.45, 2.75) is 52.1 Å². The van der Waals surface area contributed by atoms with Crippen LogP contribution in [-0.4, -0.2) is 56.4 Å². The summed E-state index contributed by atoms with van der Waals surface area (Å²) in [4.78, 5) is 16.7. The van der Waals surface area contributed by atoms with Crippen molar-refractivity contribution in [3.8, 4) is 11.3 Å². The lowest BCUT2D eigenvalue weighted by atomic mass is 9.83. The second kappa shape index (κ2) is 9.99. The van der Waals surface area contributed by atoms with Gasteiger partial charge in [0.1, 0.15) is 11.2 Å². The van der Waals surface area contributed by atoms with Crippen LogP contribution in [0.4, 0.5) is 5.95 Å². The van der Waals surface area contributed by atoms with Crippen molar-refractivity contribution >= 4 is 34.5 Å². The maximum absolute atomic E-state index is 9.32. The molecule has 1 unspecified atom stereocenters. The van der Waals surface area contributed by atoms with Crippen LogP contribution in [0.15, 0.2) is 29.4 Å². The third kappa shape index (κ3) is 4.79. The van der Waals surface area contributed by atoms with E-state index in [9.17, 15) is 5.21 Å². The standard InChI is InChI=1S/C25H32ClN7O2/c1-15-6-8-17(9-7-15)13-33-21-20(18-4-3-5-19(26)12-18)28-24(22(27)31-34)29-23(21)30-25(33)32-10-11-35-14-16(32)2/h3-5,12,15-17,34H,6-11,13-14H2,1-2H3,(H2,27,31). The Bertz CT molecular complexity index is 1240. The van der Waals surface area contributed by atoms with Gasteiger partial charge in [-0.3, -0.25) is 0 Å². The van der Waals surface area contributed by atoms with Crippen molar-refractivity contribution < 1.29 is 9.94 Å². The second-order valence-corrected chi connectivity index (χ2v) is 10.3. The number of morpholine rings is 1. The summed E-state index contributed by atoms with van der Waals surface area (Å²) in [6, 6.07) is 7.73. The Morgan fingerprint density at radius 3 is 2.71 bits per heavy atom. The molecule has 0 radical (unpaired) electrons. The van der Waals surface area contributed by atoms with Gasteiger partial charge in [0, 0.05) is 23.7 Å². The molecule has 3 heterocycles. The van der Waals surface area contributed by atoms with Crippen molar-refractivity contribution in [3.05, 3.63) is 35.1 Å². The van der Waals surface area contributed by atoms with Crippen LogP contribution >= 0.6 is 11.6 Å². The first-order valence-electron chi connectivity index (χ1n) is 12.3. The highest BCUT2D eigenvalue weighted by Gasteiger charge is 2.30. The summed E-state index contributed by atoms with van der Waals surface area (Å²) in [5, 5.41) is 13.1.